The summed E-state index contributed by atoms with van der Waals surface area (Å²) in [6.45, 7) is 5.46. The molecule has 1 aromatic rings. The summed E-state index contributed by atoms with van der Waals surface area (Å²) in [5, 5.41) is 0. The normalized spacial score (nSPS) is 10.9. The van der Waals surface area contributed by atoms with Crippen LogP contribution in [0, 0.1) is 0 Å². The molecule has 1 rings (SSSR count). The maximum absolute atomic E-state index is 11.9. The quantitative estimate of drug-likeness (QED) is 0.759. The summed E-state index contributed by atoms with van der Waals surface area (Å²) in [4.78, 5) is 11.9. The van der Waals surface area contributed by atoms with Gasteiger partial charge in [-0.15, -0.1) is 0 Å². The van der Waals surface area contributed by atoms with Gasteiger partial charge in [0.25, 0.3) is 0 Å². The minimum atomic E-state index is -0.526. The fourth-order valence-electron chi connectivity index (χ4n) is 1.30. The van der Waals surface area contributed by atoms with E-state index in [1.807, 2.05) is 20.8 Å². The lowest BCUT2D eigenvalue weighted by Gasteiger charge is -2.20. The van der Waals surface area contributed by atoms with Gasteiger partial charge in [0.1, 0.15) is 22.7 Å². The number of hydrogen-bond acceptors (Lipinski definition) is 4. The van der Waals surface area contributed by atoms with Crippen molar-refractivity contribution in [1.29, 1.82) is 0 Å². The largest absolute Gasteiger partial charge is 0.497 e. The van der Waals surface area contributed by atoms with Crippen LogP contribution in [0.15, 0.2) is 18.2 Å². The zero-order chi connectivity index (χ0) is 13.1. The van der Waals surface area contributed by atoms with Crippen LogP contribution in [0.5, 0.6) is 11.5 Å². The highest BCUT2D eigenvalue weighted by atomic mass is 16.6. The molecule has 0 bridgehead atoms. The zero-order valence-electron chi connectivity index (χ0n) is 10.9. The first-order valence-corrected chi connectivity index (χ1v) is 5.33. The predicted octanol–water partition coefficient (Wildman–Crippen LogP) is 2.66. The molecule has 0 radical (unpaired) electrons. The lowest BCUT2D eigenvalue weighted by molar-refractivity contribution is 0.00665. The van der Waals surface area contributed by atoms with Gasteiger partial charge in [0, 0.05) is 6.07 Å². The van der Waals surface area contributed by atoms with Crippen LogP contribution < -0.4 is 9.47 Å². The van der Waals surface area contributed by atoms with E-state index in [1.165, 1.54) is 7.11 Å². The average molecular weight is 238 g/mol. The number of rotatable bonds is 3. The first kappa shape index (κ1) is 13.4. The number of methoxy groups -OCH3 is 2. The SMILES string of the molecule is COc1ccc(C(=O)OC(C)(C)C)c(OC)c1. The fraction of sp³-hybridized carbons (Fsp3) is 0.462. The summed E-state index contributed by atoms with van der Waals surface area (Å²) < 4.78 is 15.5. The van der Waals surface area contributed by atoms with Gasteiger partial charge in [-0.3, -0.25) is 0 Å². The van der Waals surface area contributed by atoms with E-state index in [0.29, 0.717) is 17.1 Å². The van der Waals surface area contributed by atoms with Crippen molar-refractivity contribution in [2.45, 2.75) is 26.4 Å². The van der Waals surface area contributed by atoms with Gasteiger partial charge in [0.15, 0.2) is 0 Å². The molecule has 1 aromatic carbocycles. The molecular weight excluding hydrogens is 220 g/mol. The summed E-state index contributed by atoms with van der Waals surface area (Å²) in [5.41, 5.74) is -0.134. The van der Waals surface area contributed by atoms with Crippen molar-refractivity contribution in [3.05, 3.63) is 23.8 Å². The molecule has 0 aliphatic carbocycles. The Morgan fingerprint density at radius 3 is 2.24 bits per heavy atom. The molecule has 0 saturated heterocycles. The second kappa shape index (κ2) is 5.08. The van der Waals surface area contributed by atoms with Gasteiger partial charge in [-0.25, -0.2) is 4.79 Å². The first-order valence-electron chi connectivity index (χ1n) is 5.33. The zero-order valence-corrected chi connectivity index (χ0v) is 10.9. The van der Waals surface area contributed by atoms with E-state index in [-0.39, 0.29) is 0 Å². The first-order chi connectivity index (χ1) is 7.87. The lowest BCUT2D eigenvalue weighted by atomic mass is 10.1. The Hall–Kier alpha value is -1.71. The van der Waals surface area contributed by atoms with Crippen LogP contribution >= 0.6 is 0 Å². The fourth-order valence-corrected chi connectivity index (χ4v) is 1.30. The highest BCUT2D eigenvalue weighted by molar-refractivity contribution is 5.93. The van der Waals surface area contributed by atoms with Gasteiger partial charge < -0.3 is 14.2 Å². The third-order valence-corrected chi connectivity index (χ3v) is 2.03. The van der Waals surface area contributed by atoms with Gasteiger partial charge in [0.05, 0.1) is 14.2 Å². The molecule has 0 saturated carbocycles. The van der Waals surface area contributed by atoms with Crippen molar-refractivity contribution in [2.24, 2.45) is 0 Å². The average Bonchev–Trinajstić information content (AvgIpc) is 2.25. The number of ether oxygens (including phenoxy) is 3. The summed E-state index contributed by atoms with van der Waals surface area (Å²) in [6.07, 6.45) is 0. The molecule has 94 valence electrons. The predicted molar refractivity (Wildman–Crippen MR) is 64.7 cm³/mol. The Kier molecular flexibility index (Phi) is 3.99. The van der Waals surface area contributed by atoms with Crippen molar-refractivity contribution in [1.82, 2.24) is 0 Å². The maximum atomic E-state index is 11.9. The Morgan fingerprint density at radius 2 is 1.76 bits per heavy atom. The molecule has 17 heavy (non-hydrogen) atoms. The van der Waals surface area contributed by atoms with Crippen molar-refractivity contribution in [3.63, 3.8) is 0 Å². The molecule has 0 spiro atoms. The number of benzene rings is 1. The van der Waals surface area contributed by atoms with E-state index < -0.39 is 11.6 Å². The molecule has 4 heteroatoms. The highest BCUT2D eigenvalue weighted by Gasteiger charge is 2.21. The molecule has 0 unspecified atom stereocenters. The molecule has 0 aliphatic heterocycles. The molecule has 0 amide bonds. The van der Waals surface area contributed by atoms with Crippen molar-refractivity contribution >= 4 is 5.97 Å². The highest BCUT2D eigenvalue weighted by Crippen LogP contribution is 2.26. The number of carbonyl (C=O) groups excluding carboxylic acids is 1. The Balaban J connectivity index is 3.01. The van der Waals surface area contributed by atoms with E-state index in [2.05, 4.69) is 0 Å². The monoisotopic (exact) mass is 238 g/mol. The molecule has 0 aliphatic rings. The third-order valence-electron chi connectivity index (χ3n) is 2.03. The van der Waals surface area contributed by atoms with Crippen molar-refractivity contribution in [2.75, 3.05) is 14.2 Å². The molecular formula is C13H18O4. The van der Waals surface area contributed by atoms with Crippen LogP contribution in [-0.2, 0) is 4.74 Å². The number of carbonyl (C=O) groups is 1. The van der Waals surface area contributed by atoms with Crippen LogP contribution in [0.3, 0.4) is 0 Å². The minimum absolute atomic E-state index is 0.392. The molecule has 4 nitrogen and oxygen atoms in total. The van der Waals surface area contributed by atoms with Crippen LogP contribution in [0.2, 0.25) is 0 Å². The number of esters is 1. The third kappa shape index (κ3) is 3.66. The Bertz CT molecular complexity index is 404. The smallest absolute Gasteiger partial charge is 0.342 e. The second-order valence-corrected chi connectivity index (χ2v) is 4.57. The van der Waals surface area contributed by atoms with Gasteiger partial charge in [-0.2, -0.15) is 0 Å². The van der Waals surface area contributed by atoms with Gasteiger partial charge >= 0.3 is 5.97 Å². The van der Waals surface area contributed by atoms with Crippen LogP contribution in [0.25, 0.3) is 0 Å². The Morgan fingerprint density at radius 1 is 1.12 bits per heavy atom. The van der Waals surface area contributed by atoms with E-state index >= 15 is 0 Å². The van der Waals surface area contributed by atoms with Gasteiger partial charge in [-0.1, -0.05) is 0 Å². The summed E-state index contributed by atoms with van der Waals surface area (Å²) >= 11 is 0. The number of hydrogen-bond donors (Lipinski definition) is 0. The molecule has 0 fully saturated rings. The van der Waals surface area contributed by atoms with Crippen LogP contribution in [0.1, 0.15) is 31.1 Å². The van der Waals surface area contributed by atoms with Gasteiger partial charge in [0.2, 0.25) is 0 Å². The molecule has 0 heterocycles. The van der Waals surface area contributed by atoms with E-state index in [0.717, 1.165) is 0 Å². The summed E-state index contributed by atoms with van der Waals surface area (Å²) in [7, 11) is 3.06. The lowest BCUT2D eigenvalue weighted by Crippen LogP contribution is -2.24. The van der Waals surface area contributed by atoms with E-state index in [1.54, 1.807) is 25.3 Å². The summed E-state index contributed by atoms with van der Waals surface area (Å²) in [5.74, 6) is 0.671. The van der Waals surface area contributed by atoms with Crippen LogP contribution in [-0.4, -0.2) is 25.8 Å². The van der Waals surface area contributed by atoms with Crippen LogP contribution in [0.4, 0.5) is 0 Å². The molecule has 0 atom stereocenters. The van der Waals surface area contributed by atoms with Crippen molar-refractivity contribution < 1.29 is 19.0 Å². The standard InChI is InChI=1S/C13H18O4/c1-13(2,3)17-12(14)10-7-6-9(15-4)8-11(10)16-5/h6-8H,1-5H3. The van der Waals surface area contributed by atoms with Crippen molar-refractivity contribution in [3.8, 4) is 11.5 Å². The summed E-state index contributed by atoms with van der Waals surface area (Å²) in [6, 6.07) is 4.98. The molecule has 0 N–H and O–H groups in total. The van der Waals surface area contributed by atoms with E-state index in [4.69, 9.17) is 14.2 Å². The van der Waals surface area contributed by atoms with Gasteiger partial charge in [-0.05, 0) is 32.9 Å². The maximum Gasteiger partial charge on any atom is 0.342 e. The van der Waals surface area contributed by atoms with E-state index in [9.17, 15) is 4.79 Å². The molecule has 0 aromatic heterocycles. The minimum Gasteiger partial charge on any atom is -0.497 e. The Labute approximate surface area is 101 Å². The topological polar surface area (TPSA) is 44.8 Å². The second-order valence-electron chi connectivity index (χ2n) is 4.57.